The number of fused-ring (bicyclic) bond motifs is 1. The molecule has 24 heavy (non-hydrogen) atoms. The molecule has 0 aliphatic rings. The summed E-state index contributed by atoms with van der Waals surface area (Å²) in [5.41, 5.74) is 1.11. The van der Waals surface area contributed by atoms with Crippen molar-refractivity contribution in [3.05, 3.63) is 36.4 Å². The Morgan fingerprint density at radius 3 is 1.42 bits per heavy atom. The van der Waals surface area contributed by atoms with E-state index in [2.05, 4.69) is 10.6 Å². The topological polar surface area (TPSA) is 92.3 Å². The minimum absolute atomic E-state index is 0.189. The van der Waals surface area contributed by atoms with Gasteiger partial charge in [-0.1, -0.05) is 24.3 Å². The van der Waals surface area contributed by atoms with Crippen LogP contribution < -0.4 is 10.6 Å². The quantitative estimate of drug-likeness (QED) is 0.798. The number of amides is 2. The molecule has 0 unspecified atom stereocenters. The molecule has 0 bridgehead atoms. The van der Waals surface area contributed by atoms with Gasteiger partial charge in [0.1, 0.15) is 11.6 Å². The van der Waals surface area contributed by atoms with E-state index in [4.69, 9.17) is 0 Å². The second kappa shape index (κ2) is 7.50. The van der Waals surface area contributed by atoms with Crippen molar-refractivity contribution in [1.29, 1.82) is 0 Å². The molecule has 0 spiro atoms. The molecule has 0 saturated carbocycles. The highest BCUT2D eigenvalue weighted by molar-refractivity contribution is 6.12. The Bertz CT molecular complexity index is 758. The molecule has 2 rings (SSSR count). The number of carbonyl (C=O) groups is 4. The molecule has 0 aromatic heterocycles. The Labute approximate surface area is 139 Å². The zero-order chi connectivity index (χ0) is 17.7. The average Bonchev–Trinajstić information content (AvgIpc) is 2.46. The van der Waals surface area contributed by atoms with E-state index >= 15 is 0 Å². The lowest BCUT2D eigenvalue weighted by molar-refractivity contribution is -0.125. The number of hydrogen-bond donors (Lipinski definition) is 2. The Balaban J connectivity index is 2.32. The van der Waals surface area contributed by atoms with Gasteiger partial charge < -0.3 is 10.6 Å². The van der Waals surface area contributed by atoms with Crippen LogP contribution in [0.25, 0.3) is 10.8 Å². The standard InChI is InChI=1S/C18H18N2O4/c1-11(21)9-17(23)19-15-7-3-6-14-13(15)5-4-8-16(14)20-18(24)10-12(2)22/h3-8H,9-10H2,1-2H3,(H,19,23)(H,20,24). The molecule has 6 nitrogen and oxygen atoms in total. The number of rotatable bonds is 6. The average molecular weight is 326 g/mol. The maximum atomic E-state index is 11.8. The molecule has 2 aromatic rings. The summed E-state index contributed by atoms with van der Waals surface area (Å²) < 4.78 is 0. The number of nitrogens with one attached hydrogen (secondary N) is 2. The van der Waals surface area contributed by atoms with Crippen molar-refractivity contribution >= 4 is 45.5 Å². The van der Waals surface area contributed by atoms with Crippen LogP contribution in [0.4, 0.5) is 11.4 Å². The normalized spacial score (nSPS) is 10.2. The van der Waals surface area contributed by atoms with Crippen LogP contribution in [-0.2, 0) is 19.2 Å². The summed E-state index contributed by atoms with van der Waals surface area (Å²) in [5, 5.41) is 6.87. The van der Waals surface area contributed by atoms with Gasteiger partial charge in [-0.05, 0) is 26.0 Å². The van der Waals surface area contributed by atoms with E-state index in [0.717, 1.165) is 10.8 Å². The van der Waals surface area contributed by atoms with Crippen molar-refractivity contribution in [2.75, 3.05) is 10.6 Å². The molecule has 0 radical (unpaired) electrons. The van der Waals surface area contributed by atoms with E-state index in [9.17, 15) is 19.2 Å². The molecule has 0 aliphatic carbocycles. The summed E-state index contributed by atoms with van der Waals surface area (Å²) in [6.45, 7) is 2.71. The zero-order valence-corrected chi connectivity index (χ0v) is 13.5. The third-order valence-corrected chi connectivity index (χ3v) is 3.29. The van der Waals surface area contributed by atoms with Gasteiger partial charge in [0.2, 0.25) is 11.8 Å². The molecular formula is C18H18N2O4. The van der Waals surface area contributed by atoms with Gasteiger partial charge in [-0.2, -0.15) is 0 Å². The third kappa shape index (κ3) is 4.49. The molecule has 124 valence electrons. The Hall–Kier alpha value is -3.02. The number of hydrogen-bond acceptors (Lipinski definition) is 4. The fraction of sp³-hybridized carbons (Fsp3) is 0.222. The van der Waals surface area contributed by atoms with Crippen molar-refractivity contribution in [3.63, 3.8) is 0 Å². The molecule has 0 fully saturated rings. The molecular weight excluding hydrogens is 308 g/mol. The monoisotopic (exact) mass is 326 g/mol. The SMILES string of the molecule is CC(=O)CC(=O)Nc1cccc2c(NC(=O)CC(C)=O)cccc12. The Kier molecular flexibility index (Phi) is 5.42. The van der Waals surface area contributed by atoms with Crippen molar-refractivity contribution in [2.45, 2.75) is 26.7 Å². The van der Waals surface area contributed by atoms with Crippen LogP contribution in [0.15, 0.2) is 36.4 Å². The lowest BCUT2D eigenvalue weighted by atomic mass is 10.1. The van der Waals surface area contributed by atoms with Crippen LogP contribution in [0.3, 0.4) is 0 Å². The molecule has 2 amide bonds. The van der Waals surface area contributed by atoms with Gasteiger partial charge >= 0.3 is 0 Å². The van der Waals surface area contributed by atoms with E-state index in [-0.39, 0.29) is 36.2 Å². The first-order valence-electron chi connectivity index (χ1n) is 7.47. The summed E-state index contributed by atoms with van der Waals surface area (Å²) in [4.78, 5) is 45.7. The van der Waals surface area contributed by atoms with E-state index in [1.165, 1.54) is 13.8 Å². The molecule has 6 heteroatoms. The van der Waals surface area contributed by atoms with Gasteiger partial charge in [-0.25, -0.2) is 0 Å². The molecule has 0 aliphatic heterocycles. The lowest BCUT2D eigenvalue weighted by Crippen LogP contribution is -2.16. The minimum atomic E-state index is -0.388. The first-order chi connectivity index (χ1) is 11.4. The fourth-order valence-electron chi connectivity index (χ4n) is 2.37. The second-order valence-electron chi connectivity index (χ2n) is 5.56. The van der Waals surface area contributed by atoms with Crippen LogP contribution in [0.1, 0.15) is 26.7 Å². The number of anilines is 2. The fourth-order valence-corrected chi connectivity index (χ4v) is 2.37. The van der Waals surface area contributed by atoms with Crippen LogP contribution >= 0.6 is 0 Å². The Morgan fingerprint density at radius 1 is 0.708 bits per heavy atom. The molecule has 0 atom stereocenters. The maximum absolute atomic E-state index is 11.8. The van der Waals surface area contributed by atoms with Crippen LogP contribution in [0.2, 0.25) is 0 Å². The van der Waals surface area contributed by atoms with Crippen molar-refractivity contribution in [1.82, 2.24) is 0 Å². The van der Waals surface area contributed by atoms with Gasteiger partial charge in [0, 0.05) is 22.1 Å². The molecule has 0 heterocycles. The van der Waals surface area contributed by atoms with E-state index in [0.29, 0.717) is 11.4 Å². The largest absolute Gasteiger partial charge is 0.325 e. The number of carbonyl (C=O) groups excluding carboxylic acids is 4. The summed E-state index contributed by atoms with van der Waals surface area (Å²) in [6.07, 6.45) is -0.378. The van der Waals surface area contributed by atoms with Gasteiger partial charge in [-0.15, -0.1) is 0 Å². The predicted octanol–water partition coefficient (Wildman–Crippen LogP) is 2.68. The predicted molar refractivity (Wildman–Crippen MR) is 91.8 cm³/mol. The highest BCUT2D eigenvalue weighted by Gasteiger charge is 2.11. The summed E-state index contributed by atoms with van der Waals surface area (Å²) >= 11 is 0. The van der Waals surface area contributed by atoms with Gasteiger partial charge in [0.25, 0.3) is 0 Å². The highest BCUT2D eigenvalue weighted by Crippen LogP contribution is 2.29. The van der Waals surface area contributed by atoms with Crippen molar-refractivity contribution in [2.24, 2.45) is 0 Å². The molecule has 2 N–H and O–H groups in total. The summed E-state index contributed by atoms with van der Waals surface area (Å²) in [7, 11) is 0. The summed E-state index contributed by atoms with van der Waals surface area (Å²) in [6, 6.07) is 10.5. The zero-order valence-electron chi connectivity index (χ0n) is 13.5. The lowest BCUT2D eigenvalue weighted by Gasteiger charge is -2.12. The third-order valence-electron chi connectivity index (χ3n) is 3.29. The second-order valence-corrected chi connectivity index (χ2v) is 5.56. The summed E-state index contributed by atoms with van der Waals surface area (Å²) in [5.74, 6) is -1.21. The minimum Gasteiger partial charge on any atom is -0.325 e. The van der Waals surface area contributed by atoms with Crippen molar-refractivity contribution in [3.8, 4) is 0 Å². The Morgan fingerprint density at radius 2 is 1.08 bits per heavy atom. The van der Waals surface area contributed by atoms with Gasteiger partial charge in [0.15, 0.2) is 0 Å². The molecule has 0 saturated heterocycles. The van der Waals surface area contributed by atoms with E-state index in [1.807, 2.05) is 0 Å². The molecule has 2 aromatic carbocycles. The van der Waals surface area contributed by atoms with Crippen LogP contribution in [0, 0.1) is 0 Å². The smallest absolute Gasteiger partial charge is 0.231 e. The van der Waals surface area contributed by atoms with Gasteiger partial charge in [-0.3, -0.25) is 19.2 Å². The first kappa shape index (κ1) is 17.3. The number of ketones is 2. The first-order valence-corrected chi connectivity index (χ1v) is 7.47. The van der Waals surface area contributed by atoms with Crippen LogP contribution in [0.5, 0.6) is 0 Å². The highest BCUT2D eigenvalue weighted by atomic mass is 16.2. The number of Topliss-reactive ketones (excluding diaryl/α,β-unsaturated/α-hetero) is 2. The maximum Gasteiger partial charge on any atom is 0.231 e. The van der Waals surface area contributed by atoms with E-state index < -0.39 is 0 Å². The van der Waals surface area contributed by atoms with Crippen molar-refractivity contribution < 1.29 is 19.2 Å². The van der Waals surface area contributed by atoms with Crippen LogP contribution in [-0.4, -0.2) is 23.4 Å². The van der Waals surface area contributed by atoms with Gasteiger partial charge in [0.05, 0.1) is 12.8 Å². The van der Waals surface area contributed by atoms with E-state index in [1.54, 1.807) is 36.4 Å². The number of benzene rings is 2.